The molecular weight excluding hydrogens is 262 g/mol. The van der Waals surface area contributed by atoms with Gasteiger partial charge in [-0.25, -0.2) is 0 Å². The summed E-state index contributed by atoms with van der Waals surface area (Å²) < 4.78 is 10.9. The van der Waals surface area contributed by atoms with Gasteiger partial charge < -0.3 is 15.2 Å². The van der Waals surface area contributed by atoms with Crippen LogP contribution in [0, 0.1) is 6.92 Å². The molecule has 0 saturated heterocycles. The fourth-order valence-electron chi connectivity index (χ4n) is 2.63. The maximum atomic E-state index is 6.02. The second-order valence-corrected chi connectivity index (χ2v) is 5.19. The summed E-state index contributed by atoms with van der Waals surface area (Å²) in [6.45, 7) is 2.65. The fraction of sp³-hybridized carbons (Fsp3) is 0.333. The molecule has 0 spiro atoms. The van der Waals surface area contributed by atoms with E-state index in [0.29, 0.717) is 6.54 Å². The van der Waals surface area contributed by atoms with Crippen LogP contribution in [0.5, 0.6) is 11.5 Å². The molecule has 1 atom stereocenters. The van der Waals surface area contributed by atoms with Gasteiger partial charge in [-0.05, 0) is 43.1 Å². The van der Waals surface area contributed by atoms with Crippen LogP contribution in [0.4, 0.5) is 0 Å². The molecule has 0 aromatic heterocycles. The lowest BCUT2D eigenvalue weighted by Gasteiger charge is -2.20. The third-order valence-corrected chi connectivity index (χ3v) is 3.77. The third-order valence-electron chi connectivity index (χ3n) is 3.77. The lowest BCUT2D eigenvalue weighted by molar-refractivity contribution is 0.400. The van der Waals surface area contributed by atoms with Crippen LogP contribution in [0.25, 0.3) is 0 Å². The van der Waals surface area contributed by atoms with E-state index in [1.807, 2.05) is 24.3 Å². The summed E-state index contributed by atoms with van der Waals surface area (Å²) in [4.78, 5) is 0. The Bertz CT molecular complexity index is 596. The highest BCUT2D eigenvalue weighted by Gasteiger charge is 2.17. The van der Waals surface area contributed by atoms with Crippen molar-refractivity contribution in [2.45, 2.75) is 19.3 Å². The molecule has 2 rings (SSSR count). The largest absolute Gasteiger partial charge is 0.496 e. The van der Waals surface area contributed by atoms with Gasteiger partial charge in [-0.1, -0.05) is 35.9 Å². The third kappa shape index (κ3) is 3.56. The van der Waals surface area contributed by atoms with Crippen LogP contribution >= 0.6 is 0 Å². The molecule has 0 aliphatic rings. The molecule has 0 radical (unpaired) electrons. The predicted octanol–water partition coefficient (Wildman–Crippen LogP) is 3.30. The SMILES string of the molecule is COc1ccccc1CC(CN)c1cc(C)ccc1OC. The number of para-hydroxylation sites is 1. The first-order valence-corrected chi connectivity index (χ1v) is 7.16. The van der Waals surface area contributed by atoms with Gasteiger partial charge >= 0.3 is 0 Å². The summed E-state index contributed by atoms with van der Waals surface area (Å²) in [6.07, 6.45) is 0.834. The Balaban J connectivity index is 2.34. The van der Waals surface area contributed by atoms with Crippen molar-refractivity contribution in [1.29, 1.82) is 0 Å². The van der Waals surface area contributed by atoms with E-state index in [1.165, 1.54) is 11.1 Å². The molecule has 112 valence electrons. The van der Waals surface area contributed by atoms with Crippen molar-refractivity contribution < 1.29 is 9.47 Å². The molecule has 0 fully saturated rings. The van der Waals surface area contributed by atoms with E-state index < -0.39 is 0 Å². The highest BCUT2D eigenvalue weighted by molar-refractivity contribution is 5.42. The lowest BCUT2D eigenvalue weighted by atomic mass is 9.90. The monoisotopic (exact) mass is 285 g/mol. The molecule has 1 unspecified atom stereocenters. The first kappa shape index (κ1) is 15.4. The molecule has 0 amide bonds. The maximum absolute atomic E-state index is 6.02. The van der Waals surface area contributed by atoms with Crippen molar-refractivity contribution in [1.82, 2.24) is 0 Å². The zero-order chi connectivity index (χ0) is 15.2. The highest BCUT2D eigenvalue weighted by atomic mass is 16.5. The van der Waals surface area contributed by atoms with E-state index in [1.54, 1.807) is 14.2 Å². The van der Waals surface area contributed by atoms with E-state index >= 15 is 0 Å². The van der Waals surface area contributed by atoms with Gasteiger partial charge in [0.25, 0.3) is 0 Å². The normalized spacial score (nSPS) is 12.0. The van der Waals surface area contributed by atoms with Gasteiger partial charge in [0.2, 0.25) is 0 Å². The van der Waals surface area contributed by atoms with Crippen molar-refractivity contribution in [3.8, 4) is 11.5 Å². The van der Waals surface area contributed by atoms with Gasteiger partial charge in [-0.15, -0.1) is 0 Å². The minimum Gasteiger partial charge on any atom is -0.496 e. The van der Waals surface area contributed by atoms with Gasteiger partial charge in [-0.2, -0.15) is 0 Å². The number of hydrogen-bond donors (Lipinski definition) is 1. The quantitative estimate of drug-likeness (QED) is 0.885. The summed E-state index contributed by atoms with van der Waals surface area (Å²) >= 11 is 0. The van der Waals surface area contributed by atoms with Crippen LogP contribution in [0.2, 0.25) is 0 Å². The van der Waals surface area contributed by atoms with E-state index in [2.05, 4.69) is 25.1 Å². The van der Waals surface area contributed by atoms with E-state index in [-0.39, 0.29) is 5.92 Å². The molecule has 2 aromatic rings. The Kier molecular flexibility index (Phi) is 5.23. The lowest BCUT2D eigenvalue weighted by Crippen LogP contribution is -2.16. The number of ether oxygens (including phenoxy) is 2. The summed E-state index contributed by atoms with van der Waals surface area (Å²) in [6, 6.07) is 14.3. The molecule has 0 bridgehead atoms. The summed E-state index contributed by atoms with van der Waals surface area (Å²) in [5.41, 5.74) is 9.56. The van der Waals surface area contributed by atoms with Crippen LogP contribution in [0.1, 0.15) is 22.6 Å². The zero-order valence-electron chi connectivity index (χ0n) is 12.9. The molecule has 2 aromatic carbocycles. The van der Waals surface area contributed by atoms with Gasteiger partial charge in [0, 0.05) is 5.92 Å². The first-order valence-electron chi connectivity index (χ1n) is 7.16. The fourth-order valence-corrected chi connectivity index (χ4v) is 2.63. The average molecular weight is 285 g/mol. The molecule has 0 saturated carbocycles. The van der Waals surface area contributed by atoms with Crippen LogP contribution < -0.4 is 15.2 Å². The Morgan fingerprint density at radius 2 is 1.71 bits per heavy atom. The number of hydrogen-bond acceptors (Lipinski definition) is 3. The Morgan fingerprint density at radius 3 is 2.38 bits per heavy atom. The molecule has 3 nitrogen and oxygen atoms in total. The summed E-state index contributed by atoms with van der Waals surface area (Å²) in [7, 11) is 3.40. The van der Waals surface area contributed by atoms with Gasteiger partial charge in [0.1, 0.15) is 11.5 Å². The minimum absolute atomic E-state index is 0.205. The highest BCUT2D eigenvalue weighted by Crippen LogP contribution is 2.32. The van der Waals surface area contributed by atoms with Crippen LogP contribution in [0.15, 0.2) is 42.5 Å². The molecule has 0 heterocycles. The average Bonchev–Trinajstić information content (AvgIpc) is 2.53. The minimum atomic E-state index is 0.205. The van der Waals surface area contributed by atoms with Gasteiger partial charge in [0.05, 0.1) is 14.2 Å². The van der Waals surface area contributed by atoms with Crippen molar-refractivity contribution in [2.75, 3.05) is 20.8 Å². The topological polar surface area (TPSA) is 44.5 Å². The number of benzene rings is 2. The summed E-state index contributed by atoms with van der Waals surface area (Å²) in [5, 5.41) is 0. The van der Waals surface area contributed by atoms with Crippen LogP contribution in [0.3, 0.4) is 0 Å². The molecular formula is C18H23NO2. The van der Waals surface area contributed by atoms with E-state index in [4.69, 9.17) is 15.2 Å². The Labute approximate surface area is 126 Å². The van der Waals surface area contributed by atoms with Crippen molar-refractivity contribution in [2.24, 2.45) is 5.73 Å². The molecule has 0 aliphatic heterocycles. The predicted molar refractivity (Wildman–Crippen MR) is 86.2 cm³/mol. The van der Waals surface area contributed by atoms with Crippen molar-refractivity contribution >= 4 is 0 Å². The van der Waals surface area contributed by atoms with Crippen LogP contribution in [-0.2, 0) is 6.42 Å². The second kappa shape index (κ2) is 7.14. The van der Waals surface area contributed by atoms with Crippen LogP contribution in [-0.4, -0.2) is 20.8 Å². The number of rotatable bonds is 6. The standard InChI is InChI=1S/C18H23NO2/c1-13-8-9-18(21-3)16(10-13)15(12-19)11-14-6-4-5-7-17(14)20-2/h4-10,15H,11-12,19H2,1-3H3. The second-order valence-electron chi connectivity index (χ2n) is 5.19. The Morgan fingerprint density at radius 1 is 1.00 bits per heavy atom. The molecule has 3 heteroatoms. The smallest absolute Gasteiger partial charge is 0.122 e. The van der Waals surface area contributed by atoms with E-state index in [0.717, 1.165) is 23.5 Å². The molecule has 2 N–H and O–H groups in total. The van der Waals surface area contributed by atoms with Crippen molar-refractivity contribution in [3.05, 3.63) is 59.2 Å². The number of aryl methyl sites for hydroxylation is 1. The Hall–Kier alpha value is -2.00. The first-order chi connectivity index (χ1) is 10.2. The van der Waals surface area contributed by atoms with Gasteiger partial charge in [0.15, 0.2) is 0 Å². The molecule has 21 heavy (non-hydrogen) atoms. The maximum Gasteiger partial charge on any atom is 0.122 e. The van der Waals surface area contributed by atoms with Gasteiger partial charge in [-0.3, -0.25) is 0 Å². The zero-order valence-corrected chi connectivity index (χ0v) is 12.9. The molecule has 0 aliphatic carbocycles. The summed E-state index contributed by atoms with van der Waals surface area (Å²) in [5.74, 6) is 2.00. The number of nitrogens with two attached hydrogens (primary N) is 1. The van der Waals surface area contributed by atoms with E-state index in [9.17, 15) is 0 Å². The van der Waals surface area contributed by atoms with Crippen molar-refractivity contribution in [3.63, 3.8) is 0 Å². The number of methoxy groups -OCH3 is 2.